The van der Waals surface area contributed by atoms with Crippen molar-refractivity contribution in [3.05, 3.63) is 53.8 Å². The first-order chi connectivity index (χ1) is 10.5. The van der Waals surface area contributed by atoms with E-state index in [1.807, 2.05) is 0 Å². The van der Waals surface area contributed by atoms with Crippen LogP contribution in [0.15, 0.2) is 52.3 Å². The van der Waals surface area contributed by atoms with E-state index >= 15 is 0 Å². The van der Waals surface area contributed by atoms with Gasteiger partial charge < -0.3 is 10.4 Å². The molecule has 0 bridgehead atoms. The zero-order valence-corrected chi connectivity index (χ0v) is 12.6. The quantitative estimate of drug-likeness (QED) is 0.911. The van der Waals surface area contributed by atoms with Crippen LogP contribution < -0.4 is 5.32 Å². The van der Waals surface area contributed by atoms with Crippen LogP contribution >= 0.6 is 0 Å². The maximum atomic E-state index is 13.2. The molecule has 6 heteroatoms. The minimum atomic E-state index is -3.84. The van der Waals surface area contributed by atoms with Crippen LogP contribution in [0.1, 0.15) is 17.9 Å². The van der Waals surface area contributed by atoms with Gasteiger partial charge in [-0.15, -0.1) is 0 Å². The van der Waals surface area contributed by atoms with E-state index in [0.29, 0.717) is 0 Å². The second-order valence-corrected chi connectivity index (χ2v) is 7.32. The smallest absolute Gasteiger partial charge is 0.206 e. The van der Waals surface area contributed by atoms with Gasteiger partial charge in [-0.1, -0.05) is 12.1 Å². The van der Waals surface area contributed by atoms with Crippen molar-refractivity contribution in [1.29, 1.82) is 0 Å². The molecule has 1 aliphatic rings. The number of hydrogen-bond donors (Lipinski definition) is 2. The highest BCUT2D eigenvalue weighted by Gasteiger charge is 2.23. The Morgan fingerprint density at radius 1 is 1.14 bits per heavy atom. The lowest BCUT2D eigenvalue weighted by Crippen LogP contribution is -2.08. The highest BCUT2D eigenvalue weighted by atomic mass is 32.2. The standard InChI is InChI=1S/C16H16FNO3S/c17-12-2-1-3-13(8-12)22(20,21)14-4-5-15(16(19)9-14)11-6-7-18-10-11/h1-5,8-9,11,18-19H,6-7,10H2/t11-/m0/s1. The van der Waals surface area contributed by atoms with Crippen molar-refractivity contribution in [2.24, 2.45) is 0 Å². The van der Waals surface area contributed by atoms with E-state index < -0.39 is 15.7 Å². The summed E-state index contributed by atoms with van der Waals surface area (Å²) in [6.07, 6.45) is 0.906. The number of aromatic hydroxyl groups is 1. The van der Waals surface area contributed by atoms with Gasteiger partial charge in [0, 0.05) is 12.5 Å². The molecule has 22 heavy (non-hydrogen) atoms. The molecular formula is C16H16FNO3S. The summed E-state index contributed by atoms with van der Waals surface area (Å²) in [6.45, 7) is 1.65. The molecule has 2 aromatic carbocycles. The molecule has 1 heterocycles. The predicted octanol–water partition coefficient (Wildman–Crippen LogP) is 2.44. The van der Waals surface area contributed by atoms with Crippen LogP contribution in [0.25, 0.3) is 0 Å². The van der Waals surface area contributed by atoms with Crippen molar-refractivity contribution >= 4 is 9.84 Å². The Labute approximate surface area is 128 Å². The van der Waals surface area contributed by atoms with Crippen LogP contribution in [0, 0.1) is 5.82 Å². The highest BCUT2D eigenvalue weighted by molar-refractivity contribution is 7.91. The average Bonchev–Trinajstić information content (AvgIpc) is 3.01. The lowest BCUT2D eigenvalue weighted by Gasteiger charge is -2.13. The van der Waals surface area contributed by atoms with Crippen LogP contribution in [0.4, 0.5) is 4.39 Å². The summed E-state index contributed by atoms with van der Waals surface area (Å²) in [5.74, 6) is -0.462. The number of rotatable bonds is 3. The molecular weight excluding hydrogens is 305 g/mol. The van der Waals surface area contributed by atoms with Crippen LogP contribution in [0.3, 0.4) is 0 Å². The molecule has 2 N–H and O–H groups in total. The van der Waals surface area contributed by atoms with E-state index in [4.69, 9.17) is 0 Å². The molecule has 1 saturated heterocycles. The number of hydrogen-bond acceptors (Lipinski definition) is 4. The predicted molar refractivity (Wildman–Crippen MR) is 80.2 cm³/mol. The maximum Gasteiger partial charge on any atom is 0.206 e. The second-order valence-electron chi connectivity index (χ2n) is 5.37. The number of phenols is 1. The Morgan fingerprint density at radius 3 is 2.55 bits per heavy atom. The van der Waals surface area contributed by atoms with Gasteiger partial charge in [-0.3, -0.25) is 0 Å². The monoisotopic (exact) mass is 321 g/mol. The number of benzene rings is 2. The normalized spacial score (nSPS) is 18.5. The Hall–Kier alpha value is -1.92. The zero-order valence-electron chi connectivity index (χ0n) is 11.8. The fourth-order valence-electron chi connectivity index (χ4n) is 2.73. The summed E-state index contributed by atoms with van der Waals surface area (Å²) >= 11 is 0. The van der Waals surface area contributed by atoms with Crippen molar-refractivity contribution in [3.8, 4) is 5.75 Å². The van der Waals surface area contributed by atoms with Crippen LogP contribution in [0.2, 0.25) is 0 Å². The number of sulfone groups is 1. The minimum absolute atomic E-state index is 0.0359. The Bertz CT molecular complexity index is 799. The SMILES string of the molecule is O=S(=O)(c1cccc(F)c1)c1ccc([C@H]2CCNC2)c(O)c1. The third-order valence-electron chi connectivity index (χ3n) is 3.92. The summed E-state index contributed by atoms with van der Waals surface area (Å²) in [6, 6.07) is 9.19. The lowest BCUT2D eigenvalue weighted by molar-refractivity contribution is 0.460. The molecule has 3 rings (SSSR count). The van der Waals surface area contributed by atoms with Gasteiger partial charge in [-0.05, 0) is 48.9 Å². The van der Waals surface area contributed by atoms with Gasteiger partial charge in [0.2, 0.25) is 9.84 Å². The van der Waals surface area contributed by atoms with E-state index in [2.05, 4.69) is 5.32 Å². The molecule has 0 unspecified atom stereocenters. The van der Waals surface area contributed by atoms with Gasteiger partial charge in [-0.25, -0.2) is 12.8 Å². The second kappa shape index (κ2) is 5.70. The molecule has 2 aromatic rings. The number of halogens is 1. The average molecular weight is 321 g/mol. The lowest BCUT2D eigenvalue weighted by atomic mass is 9.98. The highest BCUT2D eigenvalue weighted by Crippen LogP contribution is 2.33. The van der Waals surface area contributed by atoms with E-state index in [-0.39, 0.29) is 21.5 Å². The summed E-state index contributed by atoms with van der Waals surface area (Å²) in [4.78, 5) is -0.160. The molecule has 0 aromatic heterocycles. The molecule has 0 saturated carbocycles. The molecule has 1 atom stereocenters. The van der Waals surface area contributed by atoms with Gasteiger partial charge in [0.05, 0.1) is 9.79 Å². The first kappa shape index (κ1) is 15.0. The van der Waals surface area contributed by atoms with Gasteiger partial charge in [0.25, 0.3) is 0 Å². The number of phenolic OH excluding ortho intramolecular Hbond substituents is 1. The van der Waals surface area contributed by atoms with Crippen LogP contribution in [-0.2, 0) is 9.84 Å². The Morgan fingerprint density at radius 2 is 1.91 bits per heavy atom. The van der Waals surface area contributed by atoms with E-state index in [1.54, 1.807) is 6.07 Å². The fraction of sp³-hybridized carbons (Fsp3) is 0.250. The van der Waals surface area contributed by atoms with Crippen molar-refractivity contribution < 1.29 is 17.9 Å². The van der Waals surface area contributed by atoms with Crippen molar-refractivity contribution in [1.82, 2.24) is 5.32 Å². The topological polar surface area (TPSA) is 66.4 Å². The largest absolute Gasteiger partial charge is 0.508 e. The van der Waals surface area contributed by atoms with Crippen LogP contribution in [-0.4, -0.2) is 26.6 Å². The molecule has 0 radical (unpaired) electrons. The molecule has 4 nitrogen and oxygen atoms in total. The van der Waals surface area contributed by atoms with Gasteiger partial charge in [0.15, 0.2) is 0 Å². The van der Waals surface area contributed by atoms with Gasteiger partial charge in [0.1, 0.15) is 11.6 Å². The molecule has 1 fully saturated rings. The van der Waals surface area contributed by atoms with E-state index in [9.17, 15) is 17.9 Å². The first-order valence-corrected chi connectivity index (χ1v) is 8.51. The summed E-state index contributed by atoms with van der Waals surface area (Å²) in [5.41, 5.74) is 0.739. The molecule has 0 aliphatic carbocycles. The van der Waals surface area contributed by atoms with Gasteiger partial charge >= 0.3 is 0 Å². The fourth-order valence-corrected chi connectivity index (χ4v) is 4.04. The zero-order chi connectivity index (χ0) is 15.7. The third-order valence-corrected chi connectivity index (χ3v) is 5.67. The van der Waals surface area contributed by atoms with E-state index in [0.717, 1.165) is 31.1 Å². The van der Waals surface area contributed by atoms with Crippen molar-refractivity contribution in [2.45, 2.75) is 22.1 Å². The summed E-state index contributed by atoms with van der Waals surface area (Å²) in [5, 5.41) is 13.4. The van der Waals surface area contributed by atoms with Crippen molar-refractivity contribution in [3.63, 3.8) is 0 Å². The molecule has 0 spiro atoms. The van der Waals surface area contributed by atoms with E-state index in [1.165, 1.54) is 30.3 Å². The Kier molecular flexibility index (Phi) is 3.88. The van der Waals surface area contributed by atoms with Crippen LogP contribution in [0.5, 0.6) is 5.75 Å². The maximum absolute atomic E-state index is 13.2. The first-order valence-electron chi connectivity index (χ1n) is 7.03. The number of nitrogens with one attached hydrogen (secondary N) is 1. The third kappa shape index (κ3) is 2.71. The molecule has 116 valence electrons. The van der Waals surface area contributed by atoms with Gasteiger partial charge in [-0.2, -0.15) is 0 Å². The Balaban J connectivity index is 1.99. The minimum Gasteiger partial charge on any atom is -0.508 e. The summed E-state index contributed by atoms with van der Waals surface area (Å²) in [7, 11) is -3.84. The van der Waals surface area contributed by atoms with Crippen molar-refractivity contribution in [2.75, 3.05) is 13.1 Å². The molecule has 1 aliphatic heterocycles. The molecule has 0 amide bonds. The summed E-state index contributed by atoms with van der Waals surface area (Å²) < 4.78 is 38.2.